The van der Waals surface area contributed by atoms with Crippen LogP contribution < -0.4 is 5.32 Å². The van der Waals surface area contributed by atoms with Crippen LogP contribution in [0.3, 0.4) is 0 Å². The molecule has 1 aliphatic heterocycles. The minimum Gasteiger partial charge on any atom is -0.340 e. The molecule has 0 saturated carbocycles. The molecule has 0 spiro atoms. The molecule has 2 aromatic rings. The first-order chi connectivity index (χ1) is 14.4. The molecular formula is C22H26N4O4. The minimum atomic E-state index is -0.515. The molecule has 0 aromatic heterocycles. The number of hydrogen-bond donors (Lipinski definition) is 1. The van der Waals surface area contributed by atoms with Gasteiger partial charge in [-0.3, -0.25) is 24.6 Å². The Morgan fingerprint density at radius 1 is 1.07 bits per heavy atom. The largest absolute Gasteiger partial charge is 0.340 e. The highest BCUT2D eigenvalue weighted by Crippen LogP contribution is 2.23. The SMILES string of the molecule is Cc1ccccc1CC(=O)N1CCN(C(C)C(=O)Nc2ccccc2[N+](=O)[O-])CC1. The maximum atomic E-state index is 12.6. The molecule has 0 radical (unpaired) electrons. The predicted molar refractivity (Wildman–Crippen MR) is 114 cm³/mol. The number of para-hydroxylation sites is 2. The summed E-state index contributed by atoms with van der Waals surface area (Å²) in [4.78, 5) is 39.7. The van der Waals surface area contributed by atoms with Gasteiger partial charge in [-0.2, -0.15) is 0 Å². The molecule has 3 rings (SSSR count). The molecule has 1 unspecified atom stereocenters. The number of carbonyl (C=O) groups is 2. The second-order valence-electron chi connectivity index (χ2n) is 7.46. The topological polar surface area (TPSA) is 95.8 Å². The summed E-state index contributed by atoms with van der Waals surface area (Å²) in [6.07, 6.45) is 0.375. The highest BCUT2D eigenvalue weighted by molar-refractivity contribution is 5.96. The van der Waals surface area contributed by atoms with Gasteiger partial charge in [-0.05, 0) is 31.0 Å². The van der Waals surface area contributed by atoms with E-state index in [4.69, 9.17) is 0 Å². The number of benzene rings is 2. The normalized spacial score (nSPS) is 15.5. The van der Waals surface area contributed by atoms with Crippen LogP contribution in [0.15, 0.2) is 48.5 Å². The van der Waals surface area contributed by atoms with Gasteiger partial charge in [0.15, 0.2) is 0 Å². The Morgan fingerprint density at radius 3 is 2.37 bits per heavy atom. The smallest absolute Gasteiger partial charge is 0.292 e. The zero-order chi connectivity index (χ0) is 21.7. The van der Waals surface area contributed by atoms with Crippen molar-refractivity contribution in [2.75, 3.05) is 31.5 Å². The summed E-state index contributed by atoms with van der Waals surface area (Å²) in [6.45, 7) is 6.02. The van der Waals surface area contributed by atoms with Gasteiger partial charge in [-0.1, -0.05) is 36.4 Å². The number of anilines is 1. The molecule has 1 N–H and O–H groups in total. The lowest BCUT2D eigenvalue weighted by molar-refractivity contribution is -0.383. The fourth-order valence-corrected chi connectivity index (χ4v) is 3.58. The Bertz CT molecular complexity index is 938. The van der Waals surface area contributed by atoms with E-state index in [2.05, 4.69) is 5.32 Å². The van der Waals surface area contributed by atoms with Crippen LogP contribution in [0, 0.1) is 17.0 Å². The van der Waals surface area contributed by atoms with Crippen molar-refractivity contribution in [3.8, 4) is 0 Å². The second kappa shape index (κ2) is 9.49. The summed E-state index contributed by atoms with van der Waals surface area (Å²) in [6, 6.07) is 13.5. The van der Waals surface area contributed by atoms with E-state index in [1.54, 1.807) is 19.1 Å². The lowest BCUT2D eigenvalue weighted by atomic mass is 10.0. The quantitative estimate of drug-likeness (QED) is 0.583. The molecule has 1 heterocycles. The van der Waals surface area contributed by atoms with Gasteiger partial charge in [-0.15, -0.1) is 0 Å². The first-order valence-electron chi connectivity index (χ1n) is 9.97. The van der Waals surface area contributed by atoms with Crippen LogP contribution in [0.5, 0.6) is 0 Å². The van der Waals surface area contributed by atoms with Crippen LogP contribution >= 0.6 is 0 Å². The summed E-state index contributed by atoms with van der Waals surface area (Å²) in [5.41, 5.74) is 2.18. The molecule has 2 aromatic carbocycles. The number of rotatable bonds is 6. The number of carbonyl (C=O) groups excluding carboxylic acids is 2. The molecule has 1 saturated heterocycles. The maximum absolute atomic E-state index is 12.6. The number of nitro benzene ring substituents is 1. The van der Waals surface area contributed by atoms with E-state index in [1.165, 1.54) is 12.1 Å². The Kier molecular flexibility index (Phi) is 6.79. The third-order valence-electron chi connectivity index (χ3n) is 5.56. The van der Waals surface area contributed by atoms with Crippen molar-refractivity contribution in [2.45, 2.75) is 26.3 Å². The van der Waals surface area contributed by atoms with Crippen molar-refractivity contribution in [3.63, 3.8) is 0 Å². The van der Waals surface area contributed by atoms with Crippen LogP contribution in [0.25, 0.3) is 0 Å². The number of piperazine rings is 1. The van der Waals surface area contributed by atoms with Crippen molar-refractivity contribution in [2.24, 2.45) is 0 Å². The van der Waals surface area contributed by atoms with Gasteiger partial charge in [-0.25, -0.2) is 0 Å². The van der Waals surface area contributed by atoms with Crippen molar-refractivity contribution in [1.29, 1.82) is 0 Å². The zero-order valence-corrected chi connectivity index (χ0v) is 17.2. The number of nitro groups is 1. The number of hydrogen-bond acceptors (Lipinski definition) is 5. The summed E-state index contributed by atoms with van der Waals surface area (Å²) >= 11 is 0. The van der Waals surface area contributed by atoms with Crippen LogP contribution in [0.2, 0.25) is 0 Å². The van der Waals surface area contributed by atoms with Crippen LogP contribution in [-0.2, 0) is 16.0 Å². The van der Waals surface area contributed by atoms with E-state index in [0.717, 1.165) is 11.1 Å². The maximum Gasteiger partial charge on any atom is 0.292 e. The van der Waals surface area contributed by atoms with Gasteiger partial charge >= 0.3 is 0 Å². The molecule has 8 nitrogen and oxygen atoms in total. The summed E-state index contributed by atoms with van der Waals surface area (Å²) < 4.78 is 0. The van der Waals surface area contributed by atoms with E-state index >= 15 is 0 Å². The van der Waals surface area contributed by atoms with Crippen LogP contribution in [0.1, 0.15) is 18.1 Å². The molecule has 1 aliphatic rings. The first kappa shape index (κ1) is 21.4. The lowest BCUT2D eigenvalue weighted by Gasteiger charge is -2.37. The molecule has 1 fully saturated rings. The monoisotopic (exact) mass is 410 g/mol. The highest BCUT2D eigenvalue weighted by Gasteiger charge is 2.28. The minimum absolute atomic E-state index is 0.0842. The standard InChI is InChI=1S/C22H26N4O4/c1-16-7-3-4-8-18(16)15-21(27)25-13-11-24(12-14-25)17(2)22(28)23-19-9-5-6-10-20(19)26(29)30/h3-10,17H,11-15H2,1-2H3,(H,23,28). The van der Waals surface area contributed by atoms with Gasteiger partial charge < -0.3 is 10.2 Å². The van der Waals surface area contributed by atoms with Crippen molar-refractivity contribution in [3.05, 3.63) is 69.8 Å². The van der Waals surface area contributed by atoms with Crippen molar-refractivity contribution < 1.29 is 14.5 Å². The van der Waals surface area contributed by atoms with Gasteiger partial charge in [0.1, 0.15) is 5.69 Å². The summed E-state index contributed by atoms with van der Waals surface area (Å²) in [5.74, 6) is -0.218. The zero-order valence-electron chi connectivity index (χ0n) is 17.2. The molecule has 30 heavy (non-hydrogen) atoms. The Morgan fingerprint density at radius 2 is 1.70 bits per heavy atom. The average molecular weight is 410 g/mol. The van der Waals surface area contributed by atoms with E-state index < -0.39 is 11.0 Å². The third-order valence-corrected chi connectivity index (χ3v) is 5.56. The fourth-order valence-electron chi connectivity index (χ4n) is 3.58. The molecule has 0 aliphatic carbocycles. The van der Waals surface area contributed by atoms with Gasteiger partial charge in [0, 0.05) is 32.2 Å². The average Bonchev–Trinajstić information content (AvgIpc) is 2.75. The molecular weight excluding hydrogens is 384 g/mol. The number of nitrogens with one attached hydrogen (secondary N) is 1. The summed E-state index contributed by atoms with van der Waals surface area (Å²) in [7, 11) is 0. The van der Waals surface area contributed by atoms with Crippen LogP contribution in [0.4, 0.5) is 11.4 Å². The molecule has 8 heteroatoms. The van der Waals surface area contributed by atoms with Gasteiger partial charge in [0.2, 0.25) is 11.8 Å². The van der Waals surface area contributed by atoms with Gasteiger partial charge in [0.05, 0.1) is 17.4 Å². The lowest BCUT2D eigenvalue weighted by Crippen LogP contribution is -2.54. The first-order valence-corrected chi connectivity index (χ1v) is 9.97. The predicted octanol–water partition coefficient (Wildman–Crippen LogP) is 2.62. The number of nitrogens with zero attached hydrogens (tertiary/aromatic N) is 3. The molecule has 2 amide bonds. The second-order valence-corrected chi connectivity index (χ2v) is 7.46. The van der Waals surface area contributed by atoms with E-state index in [1.807, 2.05) is 41.0 Å². The molecule has 1 atom stereocenters. The fraction of sp³-hybridized carbons (Fsp3) is 0.364. The highest BCUT2D eigenvalue weighted by atomic mass is 16.6. The van der Waals surface area contributed by atoms with Gasteiger partial charge in [0.25, 0.3) is 5.69 Å². The number of aryl methyl sites for hydroxylation is 1. The summed E-state index contributed by atoms with van der Waals surface area (Å²) in [5, 5.41) is 13.8. The molecule has 158 valence electrons. The van der Waals surface area contributed by atoms with Crippen molar-refractivity contribution >= 4 is 23.2 Å². The van der Waals surface area contributed by atoms with Crippen molar-refractivity contribution in [1.82, 2.24) is 9.80 Å². The van der Waals surface area contributed by atoms with E-state index in [9.17, 15) is 19.7 Å². The van der Waals surface area contributed by atoms with E-state index in [-0.39, 0.29) is 23.2 Å². The Labute approximate surface area is 175 Å². The Hall–Kier alpha value is -3.26. The number of amides is 2. The van der Waals surface area contributed by atoms with E-state index in [0.29, 0.717) is 32.6 Å². The third kappa shape index (κ3) is 5.01. The van der Waals surface area contributed by atoms with Crippen LogP contribution in [-0.4, -0.2) is 58.8 Å². The molecule has 0 bridgehead atoms. The Balaban J connectivity index is 1.54.